The second-order valence-corrected chi connectivity index (χ2v) is 8.86. The molecule has 1 aliphatic carbocycles. The van der Waals surface area contributed by atoms with Gasteiger partial charge in [0.15, 0.2) is 12.4 Å². The molecule has 7 nitrogen and oxygen atoms in total. The number of aryl methyl sites for hydroxylation is 2. The van der Waals surface area contributed by atoms with Crippen LogP contribution >= 0.6 is 23.2 Å². The molecule has 182 valence electrons. The highest BCUT2D eigenvalue weighted by Gasteiger charge is 2.41. The van der Waals surface area contributed by atoms with Crippen molar-refractivity contribution in [1.82, 2.24) is 24.9 Å². The molecule has 3 aromatic rings. The average molecular weight is 516 g/mol. The van der Waals surface area contributed by atoms with Crippen LogP contribution in [0, 0.1) is 6.92 Å². The van der Waals surface area contributed by atoms with Crippen LogP contribution < -0.4 is 10.1 Å². The number of alkyl halides is 3. The minimum atomic E-state index is -4.60. The number of nitrogens with one attached hydrogen (secondary N) is 1. The zero-order valence-corrected chi connectivity index (χ0v) is 19.7. The monoisotopic (exact) mass is 515 g/mol. The zero-order valence-electron chi connectivity index (χ0n) is 18.2. The van der Waals surface area contributed by atoms with Crippen LogP contribution in [-0.2, 0) is 19.5 Å². The van der Waals surface area contributed by atoms with E-state index in [1.165, 1.54) is 9.36 Å². The van der Waals surface area contributed by atoms with Crippen molar-refractivity contribution in [3.05, 3.63) is 63.2 Å². The average Bonchev–Trinajstić information content (AvgIpc) is 3.38. The summed E-state index contributed by atoms with van der Waals surface area (Å²) >= 11 is 12.0. The van der Waals surface area contributed by atoms with Crippen molar-refractivity contribution >= 4 is 29.1 Å². The Morgan fingerprint density at radius 1 is 1.24 bits per heavy atom. The minimum Gasteiger partial charge on any atom is -0.471 e. The van der Waals surface area contributed by atoms with Crippen LogP contribution in [0.3, 0.4) is 0 Å². The quantitative estimate of drug-likeness (QED) is 0.384. The number of halogens is 5. The molecule has 1 saturated carbocycles. The molecule has 2 heterocycles. The number of benzene rings is 1. The Kier molecular flexibility index (Phi) is 7.09. The van der Waals surface area contributed by atoms with Crippen molar-refractivity contribution in [2.45, 2.75) is 51.6 Å². The van der Waals surface area contributed by atoms with E-state index in [4.69, 9.17) is 27.9 Å². The molecule has 1 N–H and O–H groups in total. The fraction of sp³-hybridized carbons (Fsp3) is 0.409. The molecular formula is C22H22Cl2F3N5O2. The molecule has 0 bridgehead atoms. The number of amides is 1. The first-order valence-electron chi connectivity index (χ1n) is 10.7. The molecule has 1 fully saturated rings. The lowest BCUT2D eigenvalue weighted by atomic mass is 10.2. The first-order chi connectivity index (χ1) is 16.1. The Morgan fingerprint density at radius 2 is 2.00 bits per heavy atom. The molecule has 4 rings (SSSR count). The van der Waals surface area contributed by atoms with Crippen LogP contribution in [0.25, 0.3) is 0 Å². The van der Waals surface area contributed by atoms with Crippen molar-refractivity contribution in [1.29, 1.82) is 0 Å². The summed E-state index contributed by atoms with van der Waals surface area (Å²) in [5.74, 6) is 0.244. The maximum Gasteiger partial charge on any atom is 0.436 e. The molecule has 12 heteroatoms. The van der Waals surface area contributed by atoms with Crippen molar-refractivity contribution in [2.24, 2.45) is 0 Å². The lowest BCUT2D eigenvalue weighted by Crippen LogP contribution is -2.26. The molecule has 0 aliphatic heterocycles. The highest BCUT2D eigenvalue weighted by molar-refractivity contribution is 6.32. The van der Waals surface area contributed by atoms with Crippen LogP contribution in [0.15, 0.2) is 30.5 Å². The van der Waals surface area contributed by atoms with Gasteiger partial charge >= 0.3 is 6.18 Å². The molecule has 1 aromatic carbocycles. The van der Waals surface area contributed by atoms with Gasteiger partial charge in [0, 0.05) is 30.2 Å². The summed E-state index contributed by atoms with van der Waals surface area (Å²) in [6.07, 6.45) is -1.01. The van der Waals surface area contributed by atoms with Gasteiger partial charge in [0.05, 0.1) is 10.7 Å². The standard InChI is InChI=1S/C22H22Cl2F3N5O2/c1-13-11-15(5-6-16(13)23)34-12-31-10-7-17(29-31)21(33)28-8-2-9-32-19(14-3-4-14)18(24)20(30-32)22(25,26)27/h5-7,10-11,14H,2-4,8-9,12H2,1H3,(H,28,33). The third kappa shape index (κ3) is 5.67. The van der Waals surface area contributed by atoms with Crippen molar-refractivity contribution < 1.29 is 22.7 Å². The highest BCUT2D eigenvalue weighted by Crippen LogP contribution is 2.46. The van der Waals surface area contributed by atoms with Crippen LogP contribution in [0.2, 0.25) is 10.0 Å². The van der Waals surface area contributed by atoms with E-state index in [9.17, 15) is 18.0 Å². The largest absolute Gasteiger partial charge is 0.471 e. The second-order valence-electron chi connectivity index (χ2n) is 8.08. The maximum absolute atomic E-state index is 13.2. The van der Waals surface area contributed by atoms with Gasteiger partial charge in [0.2, 0.25) is 0 Å². The van der Waals surface area contributed by atoms with Crippen molar-refractivity contribution in [3.63, 3.8) is 0 Å². The van der Waals surface area contributed by atoms with Crippen LogP contribution in [0.1, 0.15) is 52.6 Å². The molecule has 0 spiro atoms. The lowest BCUT2D eigenvalue weighted by Gasteiger charge is -2.08. The van der Waals surface area contributed by atoms with E-state index in [2.05, 4.69) is 15.5 Å². The third-order valence-corrected chi connectivity index (χ3v) is 6.16. The molecule has 0 radical (unpaired) electrons. The maximum atomic E-state index is 13.2. The SMILES string of the molecule is Cc1cc(OCn2ccc(C(=O)NCCCn3nc(C(F)(F)F)c(Cl)c3C3CC3)n2)ccc1Cl. The molecular weight excluding hydrogens is 494 g/mol. The van der Waals surface area contributed by atoms with E-state index in [-0.39, 0.29) is 36.5 Å². The van der Waals surface area contributed by atoms with Gasteiger partial charge in [-0.1, -0.05) is 23.2 Å². The minimum absolute atomic E-state index is 0.00802. The normalized spacial score (nSPS) is 13.8. The van der Waals surface area contributed by atoms with Gasteiger partial charge in [0.25, 0.3) is 5.91 Å². The third-order valence-electron chi connectivity index (χ3n) is 5.36. The van der Waals surface area contributed by atoms with Crippen LogP contribution in [0.4, 0.5) is 13.2 Å². The molecule has 1 amide bonds. The van der Waals surface area contributed by atoms with E-state index < -0.39 is 17.8 Å². The van der Waals surface area contributed by atoms with Gasteiger partial charge in [-0.2, -0.15) is 23.4 Å². The number of carbonyl (C=O) groups excluding carboxylic acids is 1. The molecule has 0 unspecified atom stereocenters. The van der Waals surface area contributed by atoms with Gasteiger partial charge in [-0.05, 0) is 56.0 Å². The lowest BCUT2D eigenvalue weighted by molar-refractivity contribution is -0.141. The number of hydrogen-bond donors (Lipinski definition) is 1. The van der Waals surface area contributed by atoms with Gasteiger partial charge < -0.3 is 10.1 Å². The van der Waals surface area contributed by atoms with E-state index in [0.717, 1.165) is 18.4 Å². The Bertz CT molecular complexity index is 1190. The number of hydrogen-bond acceptors (Lipinski definition) is 4. The Morgan fingerprint density at radius 3 is 2.68 bits per heavy atom. The number of carbonyl (C=O) groups is 1. The zero-order chi connectivity index (χ0) is 24.5. The summed E-state index contributed by atoms with van der Waals surface area (Å²) in [5.41, 5.74) is 0.462. The predicted molar refractivity (Wildman–Crippen MR) is 120 cm³/mol. The van der Waals surface area contributed by atoms with E-state index in [1.54, 1.807) is 30.5 Å². The van der Waals surface area contributed by atoms with E-state index in [1.807, 2.05) is 6.92 Å². The number of aromatic nitrogens is 4. The number of rotatable bonds is 9. The van der Waals surface area contributed by atoms with Gasteiger partial charge in [0.1, 0.15) is 11.4 Å². The summed E-state index contributed by atoms with van der Waals surface area (Å²) in [7, 11) is 0. The predicted octanol–water partition coefficient (Wildman–Crippen LogP) is 5.45. The first-order valence-corrected chi connectivity index (χ1v) is 11.4. The summed E-state index contributed by atoms with van der Waals surface area (Å²) in [6.45, 7) is 2.44. The van der Waals surface area contributed by atoms with Gasteiger partial charge in [-0.3, -0.25) is 9.48 Å². The second kappa shape index (κ2) is 9.87. The fourth-order valence-corrected chi connectivity index (χ4v) is 3.99. The topological polar surface area (TPSA) is 74.0 Å². The van der Waals surface area contributed by atoms with Gasteiger partial charge in [-0.25, -0.2) is 4.68 Å². The molecule has 2 aromatic heterocycles. The Hall–Kier alpha value is -2.72. The summed E-state index contributed by atoms with van der Waals surface area (Å²) < 4.78 is 47.9. The molecule has 0 atom stereocenters. The summed E-state index contributed by atoms with van der Waals surface area (Å²) in [5, 5.41) is 10.9. The van der Waals surface area contributed by atoms with Crippen molar-refractivity contribution in [3.8, 4) is 5.75 Å². The van der Waals surface area contributed by atoms with E-state index in [0.29, 0.717) is 22.9 Å². The first kappa shape index (κ1) is 24.4. The highest BCUT2D eigenvalue weighted by atomic mass is 35.5. The Labute approximate surface area is 203 Å². The molecule has 1 aliphatic rings. The van der Waals surface area contributed by atoms with Crippen LogP contribution in [-0.4, -0.2) is 32.0 Å². The molecule has 34 heavy (non-hydrogen) atoms. The number of nitrogens with zero attached hydrogens (tertiary/aromatic N) is 4. The summed E-state index contributed by atoms with van der Waals surface area (Å²) in [6, 6.07) is 6.84. The fourth-order valence-electron chi connectivity index (χ4n) is 3.48. The molecule has 0 saturated heterocycles. The number of ether oxygens (including phenoxy) is 1. The van der Waals surface area contributed by atoms with Gasteiger partial charge in [-0.15, -0.1) is 0 Å². The van der Waals surface area contributed by atoms with Crippen LogP contribution in [0.5, 0.6) is 5.75 Å². The smallest absolute Gasteiger partial charge is 0.436 e. The van der Waals surface area contributed by atoms with E-state index >= 15 is 0 Å². The Balaban J connectivity index is 1.27. The van der Waals surface area contributed by atoms with Crippen molar-refractivity contribution in [2.75, 3.05) is 6.54 Å². The summed E-state index contributed by atoms with van der Waals surface area (Å²) in [4.78, 5) is 12.4.